The van der Waals surface area contributed by atoms with Gasteiger partial charge in [0.2, 0.25) is 15.9 Å². The molecule has 9 nitrogen and oxygen atoms in total. The van der Waals surface area contributed by atoms with E-state index in [1.165, 1.54) is 10.4 Å². The number of carbonyl (C=O) groups excluding carboxylic acids is 2. The van der Waals surface area contributed by atoms with E-state index in [1.54, 1.807) is 37.3 Å². The van der Waals surface area contributed by atoms with Gasteiger partial charge in [0.25, 0.3) is 5.91 Å². The maximum Gasteiger partial charge on any atom is 0.262 e. The standard InChI is InChI=1S/C22H25N3O6S/c1-3-30-16-8-6-15(7-9-16)23-22(27)18-5-4-10-25(18)32(28,29)20-12-19-17(11-14(20)2)24-21(26)13-31-19/h6-9,11-12,18H,3-5,10,13H2,1-2H3,(H,23,27)(H,24,26)/t18-/m1/s1. The number of carbonyl (C=O) groups is 2. The molecule has 2 aromatic carbocycles. The Hall–Kier alpha value is -3.11. The van der Waals surface area contributed by atoms with Crippen molar-refractivity contribution in [1.82, 2.24) is 4.31 Å². The SMILES string of the molecule is CCOc1ccc(NC(=O)[C@H]2CCCN2S(=O)(=O)c2cc3c(cc2C)NC(=O)CO3)cc1. The first-order valence-electron chi connectivity index (χ1n) is 10.4. The van der Waals surface area contributed by atoms with Crippen LogP contribution in [0.1, 0.15) is 25.3 Å². The van der Waals surface area contributed by atoms with Crippen LogP contribution in [0.4, 0.5) is 11.4 Å². The number of hydrogen-bond donors (Lipinski definition) is 2. The second kappa shape index (κ2) is 8.79. The third-order valence-corrected chi connectivity index (χ3v) is 7.49. The van der Waals surface area contributed by atoms with Crippen molar-refractivity contribution in [3.63, 3.8) is 0 Å². The zero-order valence-corrected chi connectivity index (χ0v) is 18.7. The smallest absolute Gasteiger partial charge is 0.262 e. The Labute approximate surface area is 186 Å². The molecule has 2 amide bonds. The molecule has 1 fully saturated rings. The second-order valence-corrected chi connectivity index (χ2v) is 9.53. The monoisotopic (exact) mass is 459 g/mol. The molecule has 0 aromatic heterocycles. The van der Waals surface area contributed by atoms with E-state index in [0.29, 0.717) is 47.9 Å². The molecule has 0 bridgehead atoms. The van der Waals surface area contributed by atoms with Gasteiger partial charge in [-0.25, -0.2) is 8.42 Å². The largest absolute Gasteiger partial charge is 0.494 e. The van der Waals surface area contributed by atoms with E-state index in [4.69, 9.17) is 9.47 Å². The van der Waals surface area contributed by atoms with E-state index in [0.717, 1.165) is 0 Å². The molecule has 1 saturated heterocycles. The van der Waals surface area contributed by atoms with E-state index >= 15 is 0 Å². The fraction of sp³-hybridized carbons (Fsp3) is 0.364. The number of rotatable bonds is 6. The predicted octanol–water partition coefficient (Wildman–Crippen LogP) is 2.52. The normalized spacial score (nSPS) is 18.4. The Kier molecular flexibility index (Phi) is 6.07. The summed E-state index contributed by atoms with van der Waals surface area (Å²) in [5.41, 5.74) is 1.47. The number of anilines is 2. The first kappa shape index (κ1) is 22.1. The van der Waals surface area contributed by atoms with Crippen molar-refractivity contribution < 1.29 is 27.5 Å². The lowest BCUT2D eigenvalue weighted by atomic mass is 10.2. The average Bonchev–Trinajstić information content (AvgIpc) is 3.26. The Morgan fingerprint density at radius 3 is 2.75 bits per heavy atom. The number of hydrogen-bond acceptors (Lipinski definition) is 6. The van der Waals surface area contributed by atoms with E-state index < -0.39 is 16.1 Å². The number of nitrogens with zero attached hydrogens (tertiary/aromatic N) is 1. The van der Waals surface area contributed by atoms with E-state index in [9.17, 15) is 18.0 Å². The van der Waals surface area contributed by atoms with Crippen molar-refractivity contribution in [1.29, 1.82) is 0 Å². The van der Waals surface area contributed by atoms with Crippen LogP contribution in [-0.2, 0) is 19.6 Å². The van der Waals surface area contributed by atoms with Gasteiger partial charge in [-0.05, 0) is 62.6 Å². The highest BCUT2D eigenvalue weighted by Gasteiger charge is 2.40. The molecule has 2 aliphatic rings. The average molecular weight is 460 g/mol. The fourth-order valence-electron chi connectivity index (χ4n) is 3.94. The Bertz CT molecular complexity index is 1150. The third-order valence-electron chi connectivity index (χ3n) is 5.44. The highest BCUT2D eigenvalue weighted by Crippen LogP contribution is 2.36. The molecule has 2 aliphatic heterocycles. The highest BCUT2D eigenvalue weighted by molar-refractivity contribution is 7.89. The van der Waals surface area contributed by atoms with Crippen LogP contribution in [0.25, 0.3) is 0 Å². The lowest BCUT2D eigenvalue weighted by Gasteiger charge is -2.26. The first-order valence-corrected chi connectivity index (χ1v) is 11.9. The summed E-state index contributed by atoms with van der Waals surface area (Å²) in [5, 5.41) is 5.47. The van der Waals surface area contributed by atoms with Crippen molar-refractivity contribution in [3.8, 4) is 11.5 Å². The summed E-state index contributed by atoms with van der Waals surface area (Å²) in [6.45, 7) is 4.15. The van der Waals surface area contributed by atoms with Crippen LogP contribution in [0.3, 0.4) is 0 Å². The Balaban J connectivity index is 1.56. The minimum Gasteiger partial charge on any atom is -0.494 e. The summed E-state index contributed by atoms with van der Waals surface area (Å²) in [4.78, 5) is 24.5. The molecule has 0 spiro atoms. The summed E-state index contributed by atoms with van der Waals surface area (Å²) in [6.07, 6.45) is 1.01. The van der Waals surface area contributed by atoms with E-state index in [1.807, 2.05) is 6.92 Å². The van der Waals surface area contributed by atoms with Crippen molar-refractivity contribution >= 4 is 33.2 Å². The Morgan fingerprint density at radius 1 is 1.28 bits per heavy atom. The number of sulfonamides is 1. The molecular formula is C22H25N3O6S. The van der Waals surface area contributed by atoms with Crippen molar-refractivity contribution in [3.05, 3.63) is 42.0 Å². The van der Waals surface area contributed by atoms with Crippen LogP contribution in [-0.4, -0.2) is 50.3 Å². The molecule has 0 radical (unpaired) electrons. The van der Waals surface area contributed by atoms with Crippen molar-refractivity contribution in [2.45, 2.75) is 37.6 Å². The summed E-state index contributed by atoms with van der Waals surface area (Å²) in [7, 11) is -3.96. The maximum atomic E-state index is 13.5. The summed E-state index contributed by atoms with van der Waals surface area (Å²) in [5.74, 6) is 0.313. The molecule has 10 heteroatoms. The van der Waals surface area contributed by atoms with Gasteiger partial charge in [-0.2, -0.15) is 4.31 Å². The zero-order valence-electron chi connectivity index (χ0n) is 17.9. The number of nitrogens with one attached hydrogen (secondary N) is 2. The van der Waals surface area contributed by atoms with Gasteiger partial charge in [-0.1, -0.05) is 0 Å². The van der Waals surface area contributed by atoms with Gasteiger partial charge in [0.15, 0.2) is 6.61 Å². The summed E-state index contributed by atoms with van der Waals surface area (Å²) in [6, 6.07) is 9.10. The van der Waals surface area contributed by atoms with Crippen molar-refractivity contribution in [2.75, 3.05) is 30.4 Å². The zero-order chi connectivity index (χ0) is 22.9. The van der Waals surface area contributed by atoms with Gasteiger partial charge in [-0.3, -0.25) is 9.59 Å². The molecule has 32 heavy (non-hydrogen) atoms. The lowest BCUT2D eigenvalue weighted by molar-refractivity contribution is -0.119. The van der Waals surface area contributed by atoms with Gasteiger partial charge < -0.3 is 20.1 Å². The topological polar surface area (TPSA) is 114 Å². The van der Waals surface area contributed by atoms with Gasteiger partial charge in [0.05, 0.1) is 17.2 Å². The van der Waals surface area contributed by atoms with Crippen LogP contribution in [0, 0.1) is 6.92 Å². The van der Waals surface area contributed by atoms with Crippen LogP contribution in [0.2, 0.25) is 0 Å². The number of benzene rings is 2. The number of fused-ring (bicyclic) bond motifs is 1. The summed E-state index contributed by atoms with van der Waals surface area (Å²) >= 11 is 0. The molecule has 170 valence electrons. The van der Waals surface area contributed by atoms with Crippen molar-refractivity contribution in [2.24, 2.45) is 0 Å². The quantitative estimate of drug-likeness (QED) is 0.686. The van der Waals surface area contributed by atoms with Gasteiger partial charge in [0, 0.05) is 18.3 Å². The maximum absolute atomic E-state index is 13.5. The van der Waals surface area contributed by atoms with Gasteiger partial charge in [-0.15, -0.1) is 0 Å². The second-order valence-electron chi connectivity index (χ2n) is 7.67. The van der Waals surface area contributed by atoms with Crippen LogP contribution < -0.4 is 20.1 Å². The number of ether oxygens (including phenoxy) is 2. The third kappa shape index (κ3) is 4.28. The molecule has 2 N–H and O–H groups in total. The molecule has 2 aromatic rings. The van der Waals surface area contributed by atoms with Gasteiger partial charge >= 0.3 is 0 Å². The molecule has 0 aliphatic carbocycles. The number of aryl methyl sites for hydroxylation is 1. The highest BCUT2D eigenvalue weighted by atomic mass is 32.2. The fourth-order valence-corrected chi connectivity index (χ4v) is 5.82. The first-order chi connectivity index (χ1) is 15.3. The lowest BCUT2D eigenvalue weighted by Crippen LogP contribution is -2.43. The van der Waals surface area contributed by atoms with E-state index in [2.05, 4.69) is 10.6 Å². The molecule has 0 saturated carbocycles. The van der Waals surface area contributed by atoms with Crippen LogP contribution >= 0.6 is 0 Å². The molecule has 1 atom stereocenters. The van der Waals surface area contributed by atoms with Crippen LogP contribution in [0.15, 0.2) is 41.3 Å². The molecular weight excluding hydrogens is 434 g/mol. The van der Waals surface area contributed by atoms with Gasteiger partial charge in [0.1, 0.15) is 17.5 Å². The van der Waals surface area contributed by atoms with E-state index in [-0.39, 0.29) is 29.9 Å². The summed E-state index contributed by atoms with van der Waals surface area (Å²) < 4.78 is 39.0. The Morgan fingerprint density at radius 2 is 2.03 bits per heavy atom. The molecule has 4 rings (SSSR count). The molecule has 0 unspecified atom stereocenters. The predicted molar refractivity (Wildman–Crippen MR) is 118 cm³/mol. The minimum atomic E-state index is -3.96. The van der Waals surface area contributed by atoms with Crippen LogP contribution in [0.5, 0.6) is 11.5 Å². The molecule has 2 heterocycles. The minimum absolute atomic E-state index is 0.0631. The number of amides is 2.